The minimum absolute atomic E-state index is 0.308. The molecule has 11 aromatic rings. The molecule has 58 heavy (non-hydrogen) atoms. The van der Waals surface area contributed by atoms with E-state index in [4.69, 9.17) is 9.98 Å². The maximum atomic E-state index is 5.56. The van der Waals surface area contributed by atoms with E-state index in [1.807, 2.05) is 11.3 Å². The van der Waals surface area contributed by atoms with Gasteiger partial charge >= 0.3 is 0 Å². The van der Waals surface area contributed by atoms with Gasteiger partial charge in [-0.2, -0.15) is 0 Å². The van der Waals surface area contributed by atoms with E-state index in [1.54, 1.807) is 0 Å². The highest BCUT2D eigenvalue weighted by Gasteiger charge is 2.24. The molecule has 3 aromatic heterocycles. The lowest BCUT2D eigenvalue weighted by Crippen LogP contribution is -2.24. The molecule has 0 spiro atoms. The number of nitrogens with zero attached hydrogens (tertiary/aromatic N) is 3. The van der Waals surface area contributed by atoms with Crippen LogP contribution in [0.3, 0.4) is 0 Å². The Morgan fingerprint density at radius 3 is 1.97 bits per heavy atom. The van der Waals surface area contributed by atoms with Crippen molar-refractivity contribution in [1.82, 2.24) is 14.9 Å². The van der Waals surface area contributed by atoms with Crippen LogP contribution in [0.4, 0.5) is 0 Å². The van der Waals surface area contributed by atoms with Crippen molar-refractivity contribution in [2.24, 2.45) is 4.99 Å². The van der Waals surface area contributed by atoms with Gasteiger partial charge < -0.3 is 9.88 Å². The largest absolute Gasteiger partial charge is 0.359 e. The van der Waals surface area contributed by atoms with Crippen molar-refractivity contribution < 1.29 is 0 Å². The molecule has 12 rings (SSSR count). The van der Waals surface area contributed by atoms with E-state index in [9.17, 15) is 0 Å². The van der Waals surface area contributed by atoms with Gasteiger partial charge in [0.2, 0.25) is 0 Å². The van der Waals surface area contributed by atoms with Gasteiger partial charge in [0.25, 0.3) is 0 Å². The third-order valence-corrected chi connectivity index (χ3v) is 12.9. The molecule has 1 aliphatic heterocycles. The molecule has 8 aromatic carbocycles. The molecule has 0 amide bonds. The van der Waals surface area contributed by atoms with Crippen LogP contribution in [-0.2, 0) is 0 Å². The maximum absolute atomic E-state index is 5.56. The molecule has 0 aliphatic carbocycles. The lowest BCUT2D eigenvalue weighted by atomic mass is 9.97. The first-order valence-corrected chi connectivity index (χ1v) is 20.5. The molecule has 0 saturated heterocycles. The Bertz CT molecular complexity index is 3470. The van der Waals surface area contributed by atoms with Crippen molar-refractivity contribution in [2.75, 3.05) is 0 Å². The molecule has 1 aliphatic rings. The van der Waals surface area contributed by atoms with Gasteiger partial charge in [-0.3, -0.25) is 4.99 Å². The predicted octanol–water partition coefficient (Wildman–Crippen LogP) is 13.7. The Kier molecular flexibility index (Phi) is 7.43. The summed E-state index contributed by atoms with van der Waals surface area (Å²) in [6, 6.07) is 67.1. The number of benzene rings is 8. The molecule has 4 heterocycles. The topological polar surface area (TPSA) is 42.2 Å². The van der Waals surface area contributed by atoms with E-state index in [0.717, 1.165) is 50.6 Å². The summed E-state index contributed by atoms with van der Waals surface area (Å²) in [6.45, 7) is 0. The Morgan fingerprint density at radius 1 is 0.483 bits per heavy atom. The standard InChI is InChI=1S/C53H34N4S/c1-4-15-33(16-5-1)45-32-46(35-27-30-48-43(31-35)37-21-11-13-26-47(37)57(48)36-19-8-3-9-20-36)56-53(55-45)42-24-14-23-38-39-28-29-41-49(52(39)58-51(38)42)40-22-10-12-25-44(40)54-50(41)34-17-6-2-7-18-34/h1-32,53,55H. The first kappa shape index (κ1) is 32.9. The number of hydrogen-bond donors (Lipinski definition) is 1. The van der Waals surface area contributed by atoms with Crippen LogP contribution in [-0.4, -0.2) is 15.3 Å². The first-order valence-electron chi connectivity index (χ1n) is 19.7. The minimum atomic E-state index is -0.308. The van der Waals surface area contributed by atoms with Crippen LogP contribution in [0, 0.1) is 0 Å². The molecule has 1 unspecified atom stereocenters. The second-order valence-corrected chi connectivity index (χ2v) is 16.0. The number of nitrogens with one attached hydrogen (secondary N) is 1. The Balaban J connectivity index is 1.07. The van der Waals surface area contributed by atoms with Crippen LogP contribution in [0.1, 0.15) is 22.9 Å². The summed E-state index contributed by atoms with van der Waals surface area (Å²) in [7, 11) is 0. The van der Waals surface area contributed by atoms with Gasteiger partial charge in [0.05, 0.1) is 28.0 Å². The van der Waals surface area contributed by atoms with Crippen LogP contribution in [0.2, 0.25) is 0 Å². The van der Waals surface area contributed by atoms with Crippen LogP contribution in [0.25, 0.3) is 86.3 Å². The van der Waals surface area contributed by atoms with E-state index >= 15 is 0 Å². The Morgan fingerprint density at radius 2 is 1.14 bits per heavy atom. The summed E-state index contributed by atoms with van der Waals surface area (Å²) in [5.41, 5.74) is 12.0. The quantitative estimate of drug-likeness (QED) is 0.178. The minimum Gasteiger partial charge on any atom is -0.359 e. The monoisotopic (exact) mass is 758 g/mol. The van der Waals surface area contributed by atoms with Gasteiger partial charge in [0.15, 0.2) is 0 Å². The lowest BCUT2D eigenvalue weighted by molar-refractivity contribution is 0.670. The zero-order valence-corrected chi connectivity index (χ0v) is 32.1. The van der Waals surface area contributed by atoms with Crippen molar-refractivity contribution in [3.8, 4) is 16.9 Å². The second kappa shape index (κ2) is 13.1. The number of allylic oxidation sites excluding steroid dienone is 1. The van der Waals surface area contributed by atoms with Gasteiger partial charge in [-0.1, -0.05) is 152 Å². The van der Waals surface area contributed by atoms with Crippen molar-refractivity contribution >= 4 is 86.4 Å². The number of pyridine rings is 1. The van der Waals surface area contributed by atoms with Gasteiger partial charge in [0, 0.05) is 75.2 Å². The van der Waals surface area contributed by atoms with E-state index in [1.165, 1.54) is 58.1 Å². The molecule has 0 bridgehead atoms. The molecule has 5 heteroatoms. The number of aromatic nitrogens is 2. The van der Waals surface area contributed by atoms with E-state index in [0.29, 0.717) is 0 Å². The van der Waals surface area contributed by atoms with Gasteiger partial charge in [-0.25, -0.2) is 4.98 Å². The van der Waals surface area contributed by atoms with Gasteiger partial charge in [-0.15, -0.1) is 11.3 Å². The average molecular weight is 759 g/mol. The molecule has 0 saturated carbocycles. The molecule has 272 valence electrons. The predicted molar refractivity (Wildman–Crippen MR) is 245 cm³/mol. The average Bonchev–Trinajstić information content (AvgIpc) is 3.85. The van der Waals surface area contributed by atoms with E-state index in [2.05, 4.69) is 204 Å². The number of aliphatic imine (C=N–C) groups is 1. The maximum Gasteiger partial charge on any atom is 0.146 e. The smallest absolute Gasteiger partial charge is 0.146 e. The third-order valence-electron chi connectivity index (χ3n) is 11.6. The zero-order chi connectivity index (χ0) is 38.2. The molecular formula is C53H34N4S. The number of fused-ring (bicyclic) bond motifs is 10. The number of thiophene rings is 1. The number of rotatable bonds is 5. The fourth-order valence-electron chi connectivity index (χ4n) is 8.95. The molecule has 1 N–H and O–H groups in total. The lowest BCUT2D eigenvalue weighted by Gasteiger charge is -2.25. The summed E-state index contributed by atoms with van der Waals surface area (Å²) in [5.74, 6) is 0. The number of para-hydroxylation sites is 3. The van der Waals surface area contributed by atoms with Crippen LogP contribution in [0.5, 0.6) is 0 Å². The SMILES string of the molecule is C1=C(c2ccccc2)NC(c2cccc3c2sc2c3ccc3c(-c4ccccc4)nc4ccccc4c32)N=C1c1ccc2c(c1)c1ccccc1n2-c1ccccc1. The van der Waals surface area contributed by atoms with Crippen LogP contribution in [0.15, 0.2) is 199 Å². The molecule has 0 radical (unpaired) electrons. The highest BCUT2D eigenvalue weighted by atomic mass is 32.1. The van der Waals surface area contributed by atoms with Crippen molar-refractivity contribution in [2.45, 2.75) is 6.17 Å². The fourth-order valence-corrected chi connectivity index (χ4v) is 10.4. The molecular weight excluding hydrogens is 725 g/mol. The highest BCUT2D eigenvalue weighted by Crippen LogP contribution is 2.46. The number of hydrogen-bond acceptors (Lipinski definition) is 4. The first-order chi connectivity index (χ1) is 28.8. The Hall–Kier alpha value is -7.34. The van der Waals surface area contributed by atoms with Gasteiger partial charge in [0.1, 0.15) is 6.17 Å². The Labute approximate surface area is 338 Å². The fraction of sp³-hybridized carbons (Fsp3) is 0.0189. The summed E-state index contributed by atoms with van der Waals surface area (Å²) < 4.78 is 4.87. The van der Waals surface area contributed by atoms with E-state index < -0.39 is 0 Å². The normalized spacial score (nSPS) is 14.4. The molecule has 1 atom stereocenters. The van der Waals surface area contributed by atoms with Gasteiger partial charge in [-0.05, 0) is 48.0 Å². The summed E-state index contributed by atoms with van der Waals surface area (Å²) >= 11 is 1.87. The molecule has 4 nitrogen and oxygen atoms in total. The van der Waals surface area contributed by atoms with Crippen LogP contribution >= 0.6 is 11.3 Å². The third kappa shape index (κ3) is 5.14. The highest BCUT2D eigenvalue weighted by molar-refractivity contribution is 7.27. The summed E-state index contributed by atoms with van der Waals surface area (Å²) in [5, 5.41) is 12.4. The molecule has 0 fully saturated rings. The van der Waals surface area contributed by atoms with Crippen molar-refractivity contribution in [1.29, 1.82) is 0 Å². The zero-order valence-electron chi connectivity index (χ0n) is 31.3. The van der Waals surface area contributed by atoms with Crippen LogP contribution < -0.4 is 5.32 Å². The second-order valence-electron chi connectivity index (χ2n) is 14.9. The van der Waals surface area contributed by atoms with Crippen molar-refractivity contribution in [3.05, 3.63) is 211 Å². The summed E-state index contributed by atoms with van der Waals surface area (Å²) in [4.78, 5) is 10.8. The van der Waals surface area contributed by atoms with Crippen molar-refractivity contribution in [3.63, 3.8) is 0 Å². The van der Waals surface area contributed by atoms with E-state index in [-0.39, 0.29) is 6.17 Å². The summed E-state index contributed by atoms with van der Waals surface area (Å²) in [6.07, 6.45) is 1.91.